The highest BCUT2D eigenvalue weighted by Crippen LogP contribution is 2.46. The van der Waals surface area contributed by atoms with Crippen LogP contribution < -0.4 is 41.4 Å². The number of imide groups is 1. The minimum Gasteiger partial charge on any atom is -0.492 e. The van der Waals surface area contributed by atoms with Gasteiger partial charge >= 0.3 is 0 Å². The molecule has 3 saturated heterocycles. The van der Waals surface area contributed by atoms with Crippen molar-refractivity contribution in [1.29, 1.82) is 0 Å². The number of hydrogen-bond acceptors (Lipinski definition) is 14. The summed E-state index contributed by atoms with van der Waals surface area (Å²) in [6.07, 6.45) is 7.60. The number of halogens is 1. The zero-order chi connectivity index (χ0) is 50.4. The lowest BCUT2D eigenvalue weighted by molar-refractivity contribution is -0.136. The van der Waals surface area contributed by atoms with Crippen molar-refractivity contribution < 1.29 is 23.7 Å². The van der Waals surface area contributed by atoms with E-state index in [1.807, 2.05) is 39.8 Å². The molecule has 3 fully saturated rings. The maximum Gasteiger partial charge on any atom is 0.274 e. The molecule has 0 bridgehead atoms. The summed E-state index contributed by atoms with van der Waals surface area (Å²) in [7, 11) is -2.91. The van der Waals surface area contributed by atoms with Crippen molar-refractivity contribution in [3.63, 3.8) is 0 Å². The number of benzene rings is 3. The Morgan fingerprint density at radius 2 is 1.63 bits per heavy atom. The first-order chi connectivity index (χ1) is 34.0. The van der Waals surface area contributed by atoms with Gasteiger partial charge in [-0.3, -0.25) is 34.3 Å². The van der Waals surface area contributed by atoms with E-state index in [1.165, 1.54) is 15.9 Å². The number of hydrogen-bond donors (Lipinski definition) is 3. The van der Waals surface area contributed by atoms with Gasteiger partial charge in [-0.25, -0.2) is 9.67 Å². The zero-order valence-electron chi connectivity index (χ0n) is 41.8. The number of rotatable bonds is 15. The summed E-state index contributed by atoms with van der Waals surface area (Å²) in [5.74, 6) is 0.735. The van der Waals surface area contributed by atoms with Crippen molar-refractivity contribution in [3.8, 4) is 5.75 Å². The van der Waals surface area contributed by atoms with Crippen LogP contribution in [0.25, 0.3) is 10.8 Å². The van der Waals surface area contributed by atoms with Gasteiger partial charge in [0.15, 0.2) is 0 Å². The molecule has 3 amide bonds. The number of carbonyl (C=O) groups is 3. The number of aryl methyl sites for hydroxylation is 2. The van der Waals surface area contributed by atoms with E-state index < -0.39 is 24.5 Å². The van der Waals surface area contributed by atoms with Crippen LogP contribution in [0.3, 0.4) is 0 Å². The number of piperidine rings is 2. The maximum absolute atomic E-state index is 13.8. The third kappa shape index (κ3) is 9.97. The van der Waals surface area contributed by atoms with Gasteiger partial charge in [-0.15, -0.1) is 0 Å². The second kappa shape index (κ2) is 20.4. The van der Waals surface area contributed by atoms with E-state index in [0.29, 0.717) is 69.4 Å². The number of fused-ring (bicyclic) bond motifs is 2. The Morgan fingerprint density at radius 1 is 0.873 bits per heavy atom. The molecule has 1 atom stereocenters. The Kier molecular flexibility index (Phi) is 14.5. The minimum absolute atomic E-state index is 0.0915. The number of nitrogens with one attached hydrogen (secondary N) is 3. The van der Waals surface area contributed by atoms with Gasteiger partial charge in [-0.2, -0.15) is 10.1 Å². The van der Waals surface area contributed by atoms with Gasteiger partial charge < -0.3 is 29.7 Å². The number of ether oxygens (including phenoxy) is 1. The van der Waals surface area contributed by atoms with E-state index in [9.17, 15) is 23.7 Å². The Labute approximate surface area is 423 Å². The van der Waals surface area contributed by atoms with Gasteiger partial charge in [0.2, 0.25) is 23.7 Å². The molecule has 6 heterocycles. The van der Waals surface area contributed by atoms with E-state index >= 15 is 0 Å². The summed E-state index contributed by atoms with van der Waals surface area (Å²) in [5, 5.41) is 15.1. The predicted molar refractivity (Wildman–Crippen MR) is 284 cm³/mol. The largest absolute Gasteiger partial charge is 0.492 e. The summed E-state index contributed by atoms with van der Waals surface area (Å²) >= 11 is 3.61. The van der Waals surface area contributed by atoms with Crippen molar-refractivity contribution in [2.45, 2.75) is 97.2 Å². The molecule has 4 aliphatic heterocycles. The number of anilines is 6. The summed E-state index contributed by atoms with van der Waals surface area (Å²) < 4.78 is 22.0. The van der Waals surface area contributed by atoms with E-state index in [4.69, 9.17) is 9.72 Å². The maximum atomic E-state index is 13.8. The zero-order valence-corrected chi connectivity index (χ0v) is 44.3. The highest BCUT2D eigenvalue weighted by molar-refractivity contribution is 9.10. The molecule has 0 spiro atoms. The lowest BCUT2D eigenvalue weighted by atomic mass is 9.82. The Balaban J connectivity index is 0.832. The van der Waals surface area contributed by atoms with Gasteiger partial charge in [0.1, 0.15) is 24.8 Å². The summed E-state index contributed by atoms with van der Waals surface area (Å²) in [4.78, 5) is 70.5. The third-order valence-corrected chi connectivity index (χ3v) is 16.8. The van der Waals surface area contributed by atoms with Crippen molar-refractivity contribution in [1.82, 2.24) is 34.9 Å². The molecular weight excluding hydrogens is 986 g/mol. The highest BCUT2D eigenvalue weighted by atomic mass is 79.9. The molecule has 17 nitrogen and oxygen atoms in total. The first-order valence-electron chi connectivity index (χ1n) is 25.0. The molecule has 0 aliphatic carbocycles. The molecule has 4 aliphatic rings. The predicted octanol–water partition coefficient (Wildman–Crippen LogP) is 6.92. The molecule has 9 rings (SSSR count). The summed E-state index contributed by atoms with van der Waals surface area (Å²) in [5.41, 5.74) is 5.63. The normalized spacial score (nSPS) is 19.0. The van der Waals surface area contributed by atoms with Crippen LogP contribution in [0.15, 0.2) is 64.1 Å². The van der Waals surface area contributed by atoms with E-state index in [1.54, 1.807) is 42.8 Å². The number of amides is 3. The number of piperazine rings is 1. The van der Waals surface area contributed by atoms with Crippen LogP contribution in [0.2, 0.25) is 0 Å². The molecule has 2 aromatic heterocycles. The number of nitrogens with zero attached hydrogens (tertiary/aromatic N) is 8. The smallest absolute Gasteiger partial charge is 0.274 e. The van der Waals surface area contributed by atoms with Crippen LogP contribution in [-0.2, 0) is 43.8 Å². The van der Waals surface area contributed by atoms with Crippen LogP contribution in [0.5, 0.6) is 5.75 Å². The Morgan fingerprint density at radius 3 is 2.32 bits per heavy atom. The first-order valence-corrected chi connectivity index (χ1v) is 28.4. The summed E-state index contributed by atoms with van der Waals surface area (Å²) in [6.45, 7) is 20.9. The lowest BCUT2D eigenvalue weighted by Gasteiger charge is -2.43. The van der Waals surface area contributed by atoms with Crippen molar-refractivity contribution in [3.05, 3.63) is 86.4 Å². The molecule has 0 radical (unpaired) electrons. The molecular formula is C52H65BrN11O6P. The SMILES string of the molecule is CCOc1cc(N2CCC(N3CCN(CCc4cccc5c4C(C)(C)C(=O)N5C4CCC(=O)NC4=O)CC3)CC2)c(CC)cc1Nc1ncc(Br)c(Nc2ccc3c(=O)n(CC)ncc3c2P(C)(C)=O)n1. The molecule has 19 heteroatoms. The monoisotopic (exact) mass is 1050 g/mol. The molecule has 71 heavy (non-hydrogen) atoms. The molecule has 376 valence electrons. The van der Waals surface area contributed by atoms with Crippen LogP contribution in [-0.4, -0.2) is 125 Å². The van der Waals surface area contributed by atoms with Crippen molar-refractivity contribution in [2.75, 3.05) is 86.2 Å². The summed E-state index contributed by atoms with van der Waals surface area (Å²) in [6, 6.07) is 13.7. The molecule has 3 N–H and O–H groups in total. The van der Waals surface area contributed by atoms with Crippen LogP contribution >= 0.6 is 23.1 Å². The topological polar surface area (TPSA) is 187 Å². The van der Waals surface area contributed by atoms with E-state index in [-0.39, 0.29) is 23.8 Å². The van der Waals surface area contributed by atoms with E-state index in [2.05, 4.69) is 81.8 Å². The standard InChI is InChI=1S/C52H65BrN11O6P/c1-8-32-28-39(57-51-54-31-37(53)47(59-51)56-38-15-14-35-36(46(38)71(6,7)69)30-55-63(9-2)49(35)67)43(70-10-3)29-42(32)62-22-19-34(20-23-62)61-26-24-60(25-27-61)21-18-33-12-11-13-40-45(33)52(4,5)50(68)64(40)41-16-17-44(65)58-48(41)66/h11-15,28-31,34,41H,8-10,16-27H2,1-7H3,(H,58,65,66)(H2,54,56,57,59). The molecule has 0 saturated carbocycles. The van der Waals surface area contributed by atoms with Crippen LogP contribution in [0, 0.1) is 0 Å². The average molecular weight is 1050 g/mol. The van der Waals surface area contributed by atoms with Crippen LogP contribution in [0.4, 0.5) is 34.5 Å². The van der Waals surface area contributed by atoms with E-state index in [0.717, 1.165) is 94.0 Å². The fraction of sp³-hybridized carbons (Fsp3) is 0.481. The number of aromatic nitrogens is 4. The molecule has 3 aromatic carbocycles. The van der Waals surface area contributed by atoms with Crippen LogP contribution in [0.1, 0.15) is 77.0 Å². The highest BCUT2D eigenvalue weighted by Gasteiger charge is 2.50. The quantitative estimate of drug-likeness (QED) is 0.0724. The first kappa shape index (κ1) is 50.3. The Hall–Kier alpha value is -5.68. The molecule has 5 aromatic rings. The van der Waals surface area contributed by atoms with Crippen molar-refractivity contribution >= 4 is 91.4 Å². The Bertz CT molecular complexity index is 3000. The van der Waals surface area contributed by atoms with Gasteiger partial charge in [-0.1, -0.05) is 19.1 Å². The lowest BCUT2D eigenvalue weighted by Crippen LogP contribution is -2.55. The molecule has 1 unspecified atom stereocenters. The minimum atomic E-state index is -2.91. The van der Waals surface area contributed by atoms with Crippen molar-refractivity contribution in [2.24, 2.45) is 0 Å². The average Bonchev–Trinajstić information content (AvgIpc) is 3.55. The van der Waals surface area contributed by atoms with Gasteiger partial charge in [-0.05, 0) is 130 Å². The van der Waals surface area contributed by atoms with Gasteiger partial charge in [0.05, 0.1) is 39.5 Å². The second-order valence-electron chi connectivity index (χ2n) is 19.9. The third-order valence-electron chi connectivity index (χ3n) is 14.7. The number of carbonyl (C=O) groups excluding carboxylic acids is 3. The van der Waals surface area contributed by atoms with Gasteiger partial charge in [0.25, 0.3) is 5.56 Å². The van der Waals surface area contributed by atoms with Gasteiger partial charge in [0, 0.05) is 99.1 Å². The fourth-order valence-corrected chi connectivity index (χ4v) is 12.8. The second-order valence-corrected chi connectivity index (χ2v) is 23.9. The fourth-order valence-electron chi connectivity index (χ4n) is 11.1.